The second-order valence-corrected chi connectivity index (χ2v) is 6.65. The summed E-state index contributed by atoms with van der Waals surface area (Å²) < 4.78 is 12.5. The third-order valence-electron chi connectivity index (χ3n) is 4.74. The Morgan fingerprint density at radius 2 is 1.72 bits per heavy atom. The second-order valence-electron chi connectivity index (χ2n) is 6.65. The van der Waals surface area contributed by atoms with E-state index in [2.05, 4.69) is 5.32 Å². The largest absolute Gasteiger partial charge is 0.497 e. The number of fused-ring (bicyclic) bond motifs is 1. The molecule has 0 saturated heterocycles. The molecule has 0 saturated carbocycles. The summed E-state index contributed by atoms with van der Waals surface area (Å²) in [4.78, 5) is 17.7. The number of carbonyl (C=O) groups excluding carboxylic acids is 1. The van der Waals surface area contributed by atoms with Gasteiger partial charge in [-0.05, 0) is 36.8 Å². The summed E-state index contributed by atoms with van der Waals surface area (Å²) in [7, 11) is 3.11. The lowest BCUT2D eigenvalue weighted by atomic mass is 10.1. The molecule has 29 heavy (non-hydrogen) atoms. The summed E-state index contributed by atoms with van der Waals surface area (Å²) in [6.45, 7) is 2.02. The number of ether oxygens (including phenoxy) is 2. The highest BCUT2D eigenvalue weighted by Gasteiger charge is 2.15. The molecule has 2 aromatic heterocycles. The van der Waals surface area contributed by atoms with Gasteiger partial charge >= 0.3 is 0 Å². The Hall–Kier alpha value is -3.80. The number of rotatable bonds is 5. The lowest BCUT2D eigenvalue weighted by molar-refractivity contribution is 0.102. The fourth-order valence-electron chi connectivity index (χ4n) is 3.23. The number of carbonyl (C=O) groups is 1. The number of methoxy groups -OCH3 is 2. The highest BCUT2D eigenvalue weighted by Crippen LogP contribution is 2.29. The maximum atomic E-state index is 12.9. The number of nitrogens with zero attached hydrogens (tertiary/aromatic N) is 2. The van der Waals surface area contributed by atoms with E-state index in [1.807, 2.05) is 60.1 Å². The minimum atomic E-state index is -0.255. The number of imidazole rings is 1. The van der Waals surface area contributed by atoms with Crippen molar-refractivity contribution in [3.05, 3.63) is 78.1 Å². The van der Waals surface area contributed by atoms with Crippen LogP contribution in [0.3, 0.4) is 0 Å². The van der Waals surface area contributed by atoms with Crippen LogP contribution < -0.4 is 14.8 Å². The molecule has 6 heteroatoms. The van der Waals surface area contributed by atoms with E-state index in [1.165, 1.54) is 0 Å². The van der Waals surface area contributed by atoms with Gasteiger partial charge in [0.25, 0.3) is 5.91 Å². The van der Waals surface area contributed by atoms with Crippen molar-refractivity contribution in [1.29, 1.82) is 0 Å². The van der Waals surface area contributed by atoms with Crippen LogP contribution in [0.25, 0.3) is 16.9 Å². The minimum Gasteiger partial charge on any atom is -0.497 e. The average molecular weight is 387 g/mol. The zero-order chi connectivity index (χ0) is 20.4. The number of hydrogen-bond donors (Lipinski definition) is 1. The highest BCUT2D eigenvalue weighted by atomic mass is 16.5. The summed E-state index contributed by atoms with van der Waals surface area (Å²) >= 11 is 0. The molecule has 4 rings (SSSR count). The first kappa shape index (κ1) is 18.6. The monoisotopic (exact) mass is 387 g/mol. The maximum Gasteiger partial charge on any atom is 0.255 e. The van der Waals surface area contributed by atoms with Gasteiger partial charge in [0.15, 0.2) is 0 Å². The third kappa shape index (κ3) is 3.65. The van der Waals surface area contributed by atoms with Gasteiger partial charge in [-0.1, -0.05) is 24.3 Å². The number of pyridine rings is 1. The first-order valence-corrected chi connectivity index (χ1v) is 9.17. The number of hydrogen-bond acceptors (Lipinski definition) is 4. The van der Waals surface area contributed by atoms with Crippen LogP contribution in [0.2, 0.25) is 0 Å². The Labute approximate surface area is 168 Å². The molecule has 1 amide bonds. The lowest BCUT2D eigenvalue weighted by Gasteiger charge is -2.11. The van der Waals surface area contributed by atoms with Crippen LogP contribution in [0.4, 0.5) is 5.69 Å². The number of aromatic nitrogens is 2. The molecule has 2 heterocycles. The van der Waals surface area contributed by atoms with Crippen molar-refractivity contribution < 1.29 is 14.3 Å². The molecule has 0 unspecified atom stereocenters. The zero-order valence-electron chi connectivity index (χ0n) is 16.5. The van der Waals surface area contributed by atoms with E-state index in [0.29, 0.717) is 22.7 Å². The maximum absolute atomic E-state index is 12.9. The van der Waals surface area contributed by atoms with E-state index in [4.69, 9.17) is 14.5 Å². The minimum absolute atomic E-state index is 0.255. The van der Waals surface area contributed by atoms with Gasteiger partial charge in [-0.25, -0.2) is 4.98 Å². The smallest absolute Gasteiger partial charge is 0.255 e. The average Bonchev–Trinajstić information content (AvgIpc) is 3.19. The van der Waals surface area contributed by atoms with Crippen LogP contribution in [-0.2, 0) is 0 Å². The van der Waals surface area contributed by atoms with Crippen molar-refractivity contribution in [2.24, 2.45) is 0 Å². The van der Waals surface area contributed by atoms with Crippen molar-refractivity contribution in [3.8, 4) is 22.8 Å². The Morgan fingerprint density at radius 3 is 2.41 bits per heavy atom. The fraction of sp³-hybridized carbons (Fsp3) is 0.130. The van der Waals surface area contributed by atoms with E-state index in [0.717, 1.165) is 22.5 Å². The van der Waals surface area contributed by atoms with Gasteiger partial charge in [-0.3, -0.25) is 4.79 Å². The normalized spacial score (nSPS) is 10.7. The van der Waals surface area contributed by atoms with Gasteiger partial charge in [0, 0.05) is 29.6 Å². The van der Waals surface area contributed by atoms with Crippen molar-refractivity contribution in [2.45, 2.75) is 6.92 Å². The van der Waals surface area contributed by atoms with Crippen molar-refractivity contribution in [2.75, 3.05) is 19.5 Å². The lowest BCUT2D eigenvalue weighted by Crippen LogP contribution is -2.13. The molecule has 0 aliphatic carbocycles. The zero-order valence-corrected chi connectivity index (χ0v) is 16.5. The summed E-state index contributed by atoms with van der Waals surface area (Å²) in [6, 6.07) is 16.7. The molecular formula is C23H21N3O3. The molecule has 2 aromatic carbocycles. The van der Waals surface area contributed by atoms with Gasteiger partial charge in [-0.15, -0.1) is 0 Å². The van der Waals surface area contributed by atoms with Crippen LogP contribution in [0.15, 0.2) is 67.0 Å². The van der Waals surface area contributed by atoms with Gasteiger partial charge < -0.3 is 19.2 Å². The van der Waals surface area contributed by atoms with Gasteiger partial charge in [0.2, 0.25) is 0 Å². The van der Waals surface area contributed by atoms with Crippen LogP contribution >= 0.6 is 0 Å². The number of anilines is 1. The molecule has 146 valence electrons. The van der Waals surface area contributed by atoms with Crippen molar-refractivity contribution in [1.82, 2.24) is 9.38 Å². The first-order chi connectivity index (χ1) is 14.1. The number of aryl methyl sites for hydroxylation is 1. The molecule has 0 aliphatic rings. The number of para-hydroxylation sites is 1. The molecule has 0 aliphatic heterocycles. The fourth-order valence-corrected chi connectivity index (χ4v) is 3.23. The standard InChI is InChI=1S/C23H21N3O3/c1-15-7-6-10-26-14-21(24-22(15)26)19-8-4-5-9-20(19)25-23(27)16-11-17(28-2)13-18(12-16)29-3/h4-14H,1-3H3,(H,25,27). The summed E-state index contributed by atoms with van der Waals surface area (Å²) in [5.41, 5.74) is 4.74. The van der Waals surface area contributed by atoms with E-state index in [1.54, 1.807) is 32.4 Å². The Morgan fingerprint density at radius 1 is 1.00 bits per heavy atom. The molecule has 0 bridgehead atoms. The van der Waals surface area contributed by atoms with E-state index in [-0.39, 0.29) is 5.91 Å². The number of nitrogens with one attached hydrogen (secondary N) is 1. The second kappa shape index (κ2) is 7.67. The van der Waals surface area contributed by atoms with Crippen molar-refractivity contribution >= 4 is 17.2 Å². The van der Waals surface area contributed by atoms with Gasteiger partial charge in [-0.2, -0.15) is 0 Å². The van der Waals surface area contributed by atoms with Crippen molar-refractivity contribution in [3.63, 3.8) is 0 Å². The molecule has 0 fully saturated rings. The predicted octanol–water partition coefficient (Wildman–Crippen LogP) is 4.58. The van der Waals surface area contributed by atoms with Crippen LogP contribution in [0.5, 0.6) is 11.5 Å². The molecule has 4 aromatic rings. The van der Waals surface area contributed by atoms with Gasteiger partial charge in [0.05, 0.1) is 25.6 Å². The van der Waals surface area contributed by atoms with Gasteiger partial charge in [0.1, 0.15) is 17.1 Å². The van der Waals surface area contributed by atoms with Crippen LogP contribution in [-0.4, -0.2) is 29.5 Å². The van der Waals surface area contributed by atoms with E-state index in [9.17, 15) is 4.79 Å². The van der Waals surface area contributed by atoms with Crippen LogP contribution in [0.1, 0.15) is 15.9 Å². The summed E-state index contributed by atoms with van der Waals surface area (Å²) in [5.74, 6) is 0.854. The summed E-state index contributed by atoms with van der Waals surface area (Å²) in [6.07, 6.45) is 3.92. The molecule has 0 radical (unpaired) electrons. The Bertz CT molecular complexity index is 1170. The first-order valence-electron chi connectivity index (χ1n) is 9.17. The molecule has 0 spiro atoms. The highest BCUT2D eigenvalue weighted by molar-refractivity contribution is 6.06. The van der Waals surface area contributed by atoms with E-state index >= 15 is 0 Å². The number of amides is 1. The quantitative estimate of drug-likeness (QED) is 0.544. The molecule has 6 nitrogen and oxygen atoms in total. The van der Waals surface area contributed by atoms with E-state index < -0.39 is 0 Å². The SMILES string of the molecule is COc1cc(OC)cc(C(=O)Nc2ccccc2-c2cn3cccc(C)c3n2)c1. The number of benzene rings is 2. The molecular weight excluding hydrogens is 366 g/mol. The third-order valence-corrected chi connectivity index (χ3v) is 4.74. The Balaban J connectivity index is 1.70. The Kier molecular flexibility index (Phi) is 4.91. The van der Waals surface area contributed by atoms with Crippen LogP contribution in [0, 0.1) is 6.92 Å². The predicted molar refractivity (Wildman–Crippen MR) is 113 cm³/mol. The topological polar surface area (TPSA) is 64.9 Å². The molecule has 0 atom stereocenters. The summed E-state index contributed by atoms with van der Waals surface area (Å²) in [5, 5.41) is 2.99. The molecule has 1 N–H and O–H groups in total.